The largest absolute Gasteiger partial charge is 0.493 e. The minimum atomic E-state index is -0.228. The van der Waals surface area contributed by atoms with Crippen molar-refractivity contribution in [1.29, 1.82) is 0 Å². The summed E-state index contributed by atoms with van der Waals surface area (Å²) in [6.45, 7) is -0.0949. The second kappa shape index (κ2) is 7.61. The van der Waals surface area contributed by atoms with Gasteiger partial charge in [0.25, 0.3) is 5.56 Å². The average Bonchev–Trinajstić information content (AvgIpc) is 2.69. The number of aromatic nitrogens is 2. The van der Waals surface area contributed by atoms with Crippen LogP contribution in [0.3, 0.4) is 0 Å². The van der Waals surface area contributed by atoms with Crippen molar-refractivity contribution in [3.63, 3.8) is 0 Å². The summed E-state index contributed by atoms with van der Waals surface area (Å²) in [5, 5.41) is 0.993. The van der Waals surface area contributed by atoms with Crippen molar-refractivity contribution in [3.8, 4) is 11.5 Å². The zero-order chi connectivity index (χ0) is 18.7. The van der Waals surface area contributed by atoms with E-state index in [0.717, 1.165) is 0 Å². The molecule has 0 unspecified atom stereocenters. The highest BCUT2D eigenvalue weighted by Crippen LogP contribution is 2.28. The standard InChI is InChI=1S/C19H18N2O4S/c1-24-16-9-8-12(10-17(16)25-2)15(22)11-21-18(23)13-6-4-5-7-14(13)20-19(21)26-3/h4-10H,11H2,1-3H3. The Morgan fingerprint density at radius 1 is 1.12 bits per heavy atom. The van der Waals surface area contributed by atoms with Gasteiger partial charge in [-0.25, -0.2) is 4.98 Å². The Morgan fingerprint density at radius 2 is 1.85 bits per heavy atom. The van der Waals surface area contributed by atoms with E-state index in [1.807, 2.05) is 12.3 Å². The SMILES string of the molecule is COc1ccc(C(=O)Cn2c(SC)nc3ccccc3c2=O)cc1OC. The van der Waals surface area contributed by atoms with E-state index in [-0.39, 0.29) is 17.9 Å². The maximum Gasteiger partial charge on any atom is 0.262 e. The van der Waals surface area contributed by atoms with Crippen molar-refractivity contribution < 1.29 is 14.3 Å². The molecular weight excluding hydrogens is 352 g/mol. The molecule has 0 spiro atoms. The van der Waals surface area contributed by atoms with E-state index in [0.29, 0.717) is 33.1 Å². The van der Waals surface area contributed by atoms with Gasteiger partial charge in [0.2, 0.25) is 0 Å². The molecule has 1 aromatic heterocycles. The molecule has 0 aliphatic carbocycles. The monoisotopic (exact) mass is 370 g/mol. The summed E-state index contributed by atoms with van der Waals surface area (Å²) >= 11 is 1.33. The fourth-order valence-electron chi connectivity index (χ4n) is 2.69. The normalized spacial score (nSPS) is 10.7. The summed E-state index contributed by atoms with van der Waals surface area (Å²) < 4.78 is 11.8. The number of ketones is 1. The first kappa shape index (κ1) is 18.0. The second-order valence-corrected chi connectivity index (χ2v) is 6.27. The molecule has 0 fully saturated rings. The quantitative estimate of drug-likeness (QED) is 0.377. The summed E-state index contributed by atoms with van der Waals surface area (Å²) in [6.07, 6.45) is 1.83. The first-order valence-electron chi connectivity index (χ1n) is 7.87. The van der Waals surface area contributed by atoms with Crippen LogP contribution in [0.25, 0.3) is 10.9 Å². The Labute approximate surface area is 154 Å². The average molecular weight is 370 g/mol. The predicted octanol–water partition coefficient (Wildman–Crippen LogP) is 3.02. The van der Waals surface area contributed by atoms with Crippen molar-refractivity contribution in [1.82, 2.24) is 9.55 Å². The highest BCUT2D eigenvalue weighted by Gasteiger charge is 2.16. The van der Waals surface area contributed by atoms with Crippen LogP contribution in [-0.4, -0.2) is 35.8 Å². The van der Waals surface area contributed by atoms with E-state index < -0.39 is 0 Å². The first-order chi connectivity index (χ1) is 12.6. The number of para-hydroxylation sites is 1. The summed E-state index contributed by atoms with van der Waals surface area (Å²) in [7, 11) is 3.04. The van der Waals surface area contributed by atoms with Crippen molar-refractivity contribution in [2.75, 3.05) is 20.5 Å². The summed E-state index contributed by atoms with van der Waals surface area (Å²) in [6, 6.07) is 12.1. The molecule has 0 radical (unpaired) electrons. The fraction of sp³-hybridized carbons (Fsp3) is 0.211. The third-order valence-electron chi connectivity index (χ3n) is 4.02. The number of rotatable bonds is 6. The van der Waals surface area contributed by atoms with Crippen LogP contribution in [0.2, 0.25) is 0 Å². The molecule has 1 heterocycles. The van der Waals surface area contributed by atoms with Gasteiger partial charge in [-0.05, 0) is 36.6 Å². The zero-order valence-electron chi connectivity index (χ0n) is 14.7. The van der Waals surface area contributed by atoms with Crippen LogP contribution in [0.1, 0.15) is 10.4 Å². The smallest absolute Gasteiger partial charge is 0.262 e. The maximum absolute atomic E-state index is 12.8. The number of methoxy groups -OCH3 is 2. The van der Waals surface area contributed by atoms with Gasteiger partial charge in [-0.1, -0.05) is 23.9 Å². The number of thioether (sulfide) groups is 1. The number of nitrogens with zero attached hydrogens (tertiary/aromatic N) is 2. The Bertz CT molecular complexity index is 1030. The van der Waals surface area contributed by atoms with Crippen LogP contribution < -0.4 is 15.0 Å². The summed E-state index contributed by atoms with van der Waals surface area (Å²) in [5.74, 6) is 0.797. The molecule has 0 aliphatic heterocycles. The van der Waals surface area contributed by atoms with Gasteiger partial charge in [0, 0.05) is 5.56 Å². The summed E-state index contributed by atoms with van der Waals surface area (Å²) in [4.78, 5) is 30.0. The molecule has 26 heavy (non-hydrogen) atoms. The number of carbonyl (C=O) groups is 1. The van der Waals surface area contributed by atoms with Gasteiger partial charge in [-0.15, -0.1) is 0 Å². The Balaban J connectivity index is 2.02. The number of ether oxygens (including phenoxy) is 2. The van der Waals surface area contributed by atoms with E-state index in [1.54, 1.807) is 36.4 Å². The van der Waals surface area contributed by atoms with Crippen molar-refractivity contribution >= 4 is 28.4 Å². The molecule has 0 aliphatic rings. The number of carbonyl (C=O) groups excluding carboxylic acids is 1. The molecule has 0 bridgehead atoms. The summed E-state index contributed by atoms with van der Waals surface area (Å²) in [5.41, 5.74) is 0.834. The van der Waals surface area contributed by atoms with E-state index >= 15 is 0 Å². The Kier molecular flexibility index (Phi) is 5.27. The highest BCUT2D eigenvalue weighted by atomic mass is 32.2. The van der Waals surface area contributed by atoms with Crippen LogP contribution in [0.4, 0.5) is 0 Å². The predicted molar refractivity (Wildman–Crippen MR) is 102 cm³/mol. The molecule has 3 rings (SSSR count). The third-order valence-corrected chi connectivity index (χ3v) is 4.69. The van der Waals surface area contributed by atoms with Gasteiger partial charge in [0.15, 0.2) is 22.4 Å². The topological polar surface area (TPSA) is 70.4 Å². The van der Waals surface area contributed by atoms with E-state index in [2.05, 4.69) is 4.98 Å². The number of hydrogen-bond acceptors (Lipinski definition) is 6. The Morgan fingerprint density at radius 3 is 2.54 bits per heavy atom. The third kappa shape index (κ3) is 3.30. The van der Waals surface area contributed by atoms with E-state index in [4.69, 9.17) is 9.47 Å². The molecule has 0 saturated carbocycles. The lowest BCUT2D eigenvalue weighted by molar-refractivity contribution is 0.0967. The van der Waals surface area contributed by atoms with Gasteiger partial charge < -0.3 is 9.47 Å². The van der Waals surface area contributed by atoms with Gasteiger partial charge in [0.05, 0.1) is 31.7 Å². The van der Waals surface area contributed by atoms with Crippen LogP contribution in [-0.2, 0) is 6.54 Å². The molecule has 2 aromatic carbocycles. The van der Waals surface area contributed by atoms with Crippen LogP contribution in [0, 0.1) is 0 Å². The van der Waals surface area contributed by atoms with Crippen LogP contribution in [0.15, 0.2) is 52.4 Å². The fourth-order valence-corrected chi connectivity index (χ4v) is 3.24. The molecule has 6 nitrogen and oxygen atoms in total. The van der Waals surface area contributed by atoms with Gasteiger partial charge in [0.1, 0.15) is 0 Å². The Hall–Kier alpha value is -2.80. The number of benzene rings is 2. The molecule has 7 heteroatoms. The van der Waals surface area contributed by atoms with E-state index in [9.17, 15) is 9.59 Å². The molecule has 134 valence electrons. The zero-order valence-corrected chi connectivity index (χ0v) is 15.5. The van der Waals surface area contributed by atoms with Gasteiger partial charge >= 0.3 is 0 Å². The molecule has 0 N–H and O–H groups in total. The maximum atomic E-state index is 12.8. The highest BCUT2D eigenvalue weighted by molar-refractivity contribution is 7.98. The van der Waals surface area contributed by atoms with Gasteiger partial charge in [-0.3, -0.25) is 14.2 Å². The van der Waals surface area contributed by atoms with Crippen LogP contribution >= 0.6 is 11.8 Å². The van der Waals surface area contributed by atoms with Crippen molar-refractivity contribution in [2.45, 2.75) is 11.7 Å². The number of fused-ring (bicyclic) bond motifs is 1. The lowest BCUT2D eigenvalue weighted by Crippen LogP contribution is -2.27. The van der Waals surface area contributed by atoms with Crippen molar-refractivity contribution in [2.24, 2.45) is 0 Å². The molecule has 0 amide bonds. The lowest BCUT2D eigenvalue weighted by Gasteiger charge is -2.12. The van der Waals surface area contributed by atoms with Gasteiger partial charge in [-0.2, -0.15) is 0 Å². The molecule has 0 saturated heterocycles. The first-order valence-corrected chi connectivity index (χ1v) is 9.10. The molecule has 0 atom stereocenters. The second-order valence-electron chi connectivity index (χ2n) is 5.50. The number of Topliss-reactive ketones (excluding diaryl/α,β-unsaturated/α-hetero) is 1. The minimum Gasteiger partial charge on any atom is -0.493 e. The lowest BCUT2D eigenvalue weighted by atomic mass is 10.1. The minimum absolute atomic E-state index is 0.0949. The van der Waals surface area contributed by atoms with Crippen LogP contribution in [0.5, 0.6) is 11.5 Å². The molecule has 3 aromatic rings. The van der Waals surface area contributed by atoms with Crippen molar-refractivity contribution in [3.05, 3.63) is 58.4 Å². The molecular formula is C19H18N2O4S. The van der Waals surface area contributed by atoms with E-state index in [1.165, 1.54) is 30.5 Å². The number of hydrogen-bond donors (Lipinski definition) is 0.